The summed E-state index contributed by atoms with van der Waals surface area (Å²) in [5.74, 6) is -0.445. The number of amides is 2. The molecule has 0 aliphatic carbocycles. The van der Waals surface area contributed by atoms with E-state index in [0.717, 1.165) is 38.8 Å². The molecular weight excluding hydrogens is 242 g/mol. The van der Waals surface area contributed by atoms with Crippen molar-refractivity contribution in [3.8, 4) is 0 Å². The van der Waals surface area contributed by atoms with E-state index in [1.54, 1.807) is 0 Å². The average molecular weight is 269 g/mol. The smallest absolute Gasteiger partial charge is 0.240 e. The molecule has 0 bridgehead atoms. The lowest BCUT2D eigenvalue weighted by Crippen LogP contribution is -2.54. The topological polar surface area (TPSA) is 84.2 Å². The zero-order chi connectivity index (χ0) is 14.5. The van der Waals surface area contributed by atoms with Crippen LogP contribution in [0, 0.1) is 11.3 Å². The lowest BCUT2D eigenvalue weighted by molar-refractivity contribution is -0.137. The maximum absolute atomic E-state index is 12.6. The molecule has 0 spiro atoms. The highest BCUT2D eigenvalue weighted by Crippen LogP contribution is 2.34. The number of nitrogens with one attached hydrogen (secondary N) is 2. The van der Waals surface area contributed by atoms with Gasteiger partial charge in [0.25, 0.3) is 0 Å². The minimum Gasteiger partial charge on any atom is -0.368 e. The Bertz CT molecular complexity index is 317. The maximum atomic E-state index is 12.6. The lowest BCUT2D eigenvalue weighted by atomic mass is 9.74. The molecule has 0 aromatic heterocycles. The summed E-state index contributed by atoms with van der Waals surface area (Å²) in [6.45, 7) is 7.59. The molecule has 1 saturated heterocycles. The van der Waals surface area contributed by atoms with Crippen LogP contribution in [0.5, 0.6) is 0 Å². The summed E-state index contributed by atoms with van der Waals surface area (Å²) < 4.78 is 0. The zero-order valence-electron chi connectivity index (χ0n) is 12.3. The van der Waals surface area contributed by atoms with Crippen LogP contribution in [-0.2, 0) is 9.59 Å². The first-order valence-electron chi connectivity index (χ1n) is 7.24. The minimum absolute atomic E-state index is 0.00616. The van der Waals surface area contributed by atoms with E-state index < -0.39 is 11.9 Å². The first-order chi connectivity index (χ1) is 8.93. The SMILES string of the molecule is CCCC1(C(=O)NC(C(N)=O)C(C)C)CCNCC1. The van der Waals surface area contributed by atoms with Gasteiger partial charge in [-0.3, -0.25) is 9.59 Å². The van der Waals surface area contributed by atoms with Crippen LogP contribution >= 0.6 is 0 Å². The van der Waals surface area contributed by atoms with Crippen molar-refractivity contribution in [2.45, 2.75) is 52.5 Å². The van der Waals surface area contributed by atoms with Crippen LogP contribution in [0.1, 0.15) is 46.5 Å². The van der Waals surface area contributed by atoms with Gasteiger partial charge in [0.15, 0.2) is 0 Å². The van der Waals surface area contributed by atoms with Crippen molar-refractivity contribution in [3.05, 3.63) is 0 Å². The summed E-state index contributed by atoms with van der Waals surface area (Å²) in [7, 11) is 0. The third kappa shape index (κ3) is 3.93. The largest absolute Gasteiger partial charge is 0.368 e. The van der Waals surface area contributed by atoms with Crippen molar-refractivity contribution in [3.63, 3.8) is 0 Å². The fraction of sp³-hybridized carbons (Fsp3) is 0.857. The van der Waals surface area contributed by atoms with Crippen molar-refractivity contribution in [2.24, 2.45) is 17.1 Å². The van der Waals surface area contributed by atoms with Crippen molar-refractivity contribution < 1.29 is 9.59 Å². The van der Waals surface area contributed by atoms with Gasteiger partial charge in [0, 0.05) is 0 Å². The van der Waals surface area contributed by atoms with Gasteiger partial charge in [0.2, 0.25) is 11.8 Å². The van der Waals surface area contributed by atoms with E-state index in [4.69, 9.17) is 5.73 Å². The Hall–Kier alpha value is -1.10. The highest BCUT2D eigenvalue weighted by Gasteiger charge is 2.40. The van der Waals surface area contributed by atoms with Crippen molar-refractivity contribution in [2.75, 3.05) is 13.1 Å². The Balaban J connectivity index is 2.79. The van der Waals surface area contributed by atoms with Gasteiger partial charge in [-0.2, -0.15) is 0 Å². The molecule has 2 amide bonds. The Morgan fingerprint density at radius 3 is 2.32 bits per heavy atom. The first-order valence-corrected chi connectivity index (χ1v) is 7.24. The average Bonchev–Trinajstić information content (AvgIpc) is 2.36. The van der Waals surface area contributed by atoms with Crippen LogP contribution in [0.25, 0.3) is 0 Å². The van der Waals surface area contributed by atoms with Gasteiger partial charge in [-0.1, -0.05) is 27.2 Å². The number of primary amides is 1. The van der Waals surface area contributed by atoms with E-state index in [-0.39, 0.29) is 17.2 Å². The van der Waals surface area contributed by atoms with E-state index in [9.17, 15) is 9.59 Å². The molecule has 5 heteroatoms. The van der Waals surface area contributed by atoms with Crippen LogP contribution in [0.2, 0.25) is 0 Å². The van der Waals surface area contributed by atoms with Crippen molar-refractivity contribution in [1.82, 2.24) is 10.6 Å². The Morgan fingerprint density at radius 2 is 1.89 bits per heavy atom. The summed E-state index contributed by atoms with van der Waals surface area (Å²) in [6.07, 6.45) is 3.49. The molecule has 0 aromatic carbocycles. The minimum atomic E-state index is -0.573. The third-order valence-electron chi connectivity index (χ3n) is 4.03. The molecular formula is C14H27N3O2. The standard InChI is InChI=1S/C14H27N3O2/c1-4-5-14(6-8-16-9-7-14)13(19)17-11(10(2)3)12(15)18/h10-11,16H,4-9H2,1-3H3,(H2,15,18)(H,17,19). The Labute approximate surface area is 115 Å². The molecule has 1 fully saturated rings. The number of hydrogen-bond donors (Lipinski definition) is 3. The van der Waals surface area contributed by atoms with E-state index in [1.165, 1.54) is 0 Å². The van der Waals surface area contributed by atoms with Crippen molar-refractivity contribution >= 4 is 11.8 Å². The summed E-state index contributed by atoms with van der Waals surface area (Å²) in [5.41, 5.74) is 5.04. The van der Waals surface area contributed by atoms with Gasteiger partial charge in [-0.05, 0) is 38.3 Å². The van der Waals surface area contributed by atoms with Crippen LogP contribution in [0.3, 0.4) is 0 Å². The van der Waals surface area contributed by atoms with E-state index in [1.807, 2.05) is 13.8 Å². The predicted octanol–water partition coefficient (Wildman–Crippen LogP) is 0.782. The van der Waals surface area contributed by atoms with Crippen LogP contribution in [-0.4, -0.2) is 30.9 Å². The zero-order valence-corrected chi connectivity index (χ0v) is 12.3. The van der Waals surface area contributed by atoms with Crippen LogP contribution in [0.4, 0.5) is 0 Å². The Morgan fingerprint density at radius 1 is 1.32 bits per heavy atom. The summed E-state index contributed by atoms with van der Waals surface area (Å²) in [6, 6.07) is -0.573. The predicted molar refractivity (Wildman–Crippen MR) is 75.4 cm³/mol. The molecule has 4 N–H and O–H groups in total. The normalized spacial score (nSPS) is 20.0. The van der Waals surface area contributed by atoms with Gasteiger partial charge in [-0.15, -0.1) is 0 Å². The molecule has 1 rings (SSSR count). The van der Waals surface area contributed by atoms with Crippen molar-refractivity contribution in [1.29, 1.82) is 0 Å². The molecule has 0 aromatic rings. The van der Waals surface area contributed by atoms with Gasteiger partial charge in [0.05, 0.1) is 5.41 Å². The van der Waals surface area contributed by atoms with Gasteiger partial charge in [0.1, 0.15) is 6.04 Å². The van der Waals surface area contributed by atoms with Gasteiger partial charge >= 0.3 is 0 Å². The fourth-order valence-electron chi connectivity index (χ4n) is 2.84. The molecule has 0 radical (unpaired) electrons. The molecule has 1 aliphatic rings. The second-order valence-electron chi connectivity index (χ2n) is 5.88. The summed E-state index contributed by atoms with van der Waals surface area (Å²) in [5, 5.41) is 6.15. The van der Waals surface area contributed by atoms with Crippen LogP contribution < -0.4 is 16.4 Å². The summed E-state index contributed by atoms with van der Waals surface area (Å²) in [4.78, 5) is 24.0. The number of rotatable bonds is 6. The first kappa shape index (κ1) is 16.0. The maximum Gasteiger partial charge on any atom is 0.240 e. The molecule has 1 aliphatic heterocycles. The second-order valence-corrected chi connectivity index (χ2v) is 5.88. The summed E-state index contributed by atoms with van der Waals surface area (Å²) >= 11 is 0. The quantitative estimate of drug-likeness (QED) is 0.666. The monoisotopic (exact) mass is 269 g/mol. The highest BCUT2D eigenvalue weighted by atomic mass is 16.2. The molecule has 1 atom stereocenters. The lowest BCUT2D eigenvalue weighted by Gasteiger charge is -2.37. The van der Waals surface area contributed by atoms with Gasteiger partial charge in [-0.25, -0.2) is 0 Å². The fourth-order valence-corrected chi connectivity index (χ4v) is 2.84. The van der Waals surface area contributed by atoms with E-state index in [2.05, 4.69) is 17.6 Å². The number of carbonyl (C=O) groups excluding carboxylic acids is 2. The molecule has 5 nitrogen and oxygen atoms in total. The molecule has 0 saturated carbocycles. The second kappa shape index (κ2) is 6.89. The Kier molecular flexibility index (Phi) is 5.79. The molecule has 1 unspecified atom stereocenters. The highest BCUT2D eigenvalue weighted by molar-refractivity contribution is 5.89. The van der Waals surface area contributed by atoms with Gasteiger partial charge < -0.3 is 16.4 Å². The molecule has 19 heavy (non-hydrogen) atoms. The third-order valence-corrected chi connectivity index (χ3v) is 4.03. The molecule has 110 valence electrons. The molecule has 1 heterocycles. The number of nitrogens with two attached hydrogens (primary N) is 1. The van der Waals surface area contributed by atoms with E-state index >= 15 is 0 Å². The van der Waals surface area contributed by atoms with E-state index in [0.29, 0.717) is 0 Å². The number of hydrogen-bond acceptors (Lipinski definition) is 3. The van der Waals surface area contributed by atoms with Crippen LogP contribution in [0.15, 0.2) is 0 Å². The number of piperidine rings is 1. The number of carbonyl (C=O) groups is 2.